The van der Waals surface area contributed by atoms with Crippen LogP contribution in [-0.2, 0) is 14.3 Å². The van der Waals surface area contributed by atoms with Crippen LogP contribution in [0.5, 0.6) is 0 Å². The van der Waals surface area contributed by atoms with Crippen LogP contribution in [0.3, 0.4) is 0 Å². The molecule has 0 saturated heterocycles. The van der Waals surface area contributed by atoms with Crippen LogP contribution in [0.1, 0.15) is 17.3 Å². The predicted octanol–water partition coefficient (Wildman–Crippen LogP) is 3.23. The molecule has 2 amide bonds. The maximum absolute atomic E-state index is 12.9. The van der Waals surface area contributed by atoms with E-state index in [1.54, 1.807) is 0 Å². The molecule has 6 nitrogen and oxygen atoms in total. The Balaban J connectivity index is 1.88. The molecule has 0 aliphatic heterocycles. The Bertz CT molecular complexity index is 809. The zero-order chi connectivity index (χ0) is 18.4. The van der Waals surface area contributed by atoms with Crippen LogP contribution in [0.15, 0.2) is 42.5 Å². The lowest BCUT2D eigenvalue weighted by molar-refractivity contribution is -0.119. The van der Waals surface area contributed by atoms with Crippen LogP contribution in [0, 0.1) is 5.82 Å². The molecule has 2 aromatic carbocycles. The van der Waals surface area contributed by atoms with Crippen molar-refractivity contribution < 1.29 is 23.5 Å². The van der Waals surface area contributed by atoms with Gasteiger partial charge in [-0.2, -0.15) is 0 Å². The van der Waals surface area contributed by atoms with Gasteiger partial charge in [0.05, 0.1) is 16.3 Å². The molecular formula is C17H14ClFN2O4. The van der Waals surface area contributed by atoms with Gasteiger partial charge in [0.1, 0.15) is 5.82 Å². The summed E-state index contributed by atoms with van der Waals surface area (Å²) in [7, 11) is 0. The smallest absolute Gasteiger partial charge is 0.338 e. The molecule has 0 aliphatic carbocycles. The minimum atomic E-state index is -0.699. The SMILES string of the molecule is CC(=O)Nc1ccc(C(=O)OCC(=O)Nc2ccc(F)cc2Cl)cc1. The summed E-state index contributed by atoms with van der Waals surface area (Å²) in [6.07, 6.45) is 0. The van der Waals surface area contributed by atoms with E-state index in [4.69, 9.17) is 16.3 Å². The first-order valence-corrected chi connectivity index (χ1v) is 7.52. The number of anilines is 2. The number of ether oxygens (including phenoxy) is 1. The van der Waals surface area contributed by atoms with Crippen molar-refractivity contribution in [3.05, 3.63) is 58.9 Å². The second-order valence-electron chi connectivity index (χ2n) is 5.01. The first kappa shape index (κ1) is 18.4. The monoisotopic (exact) mass is 364 g/mol. The third-order valence-electron chi connectivity index (χ3n) is 2.98. The lowest BCUT2D eigenvalue weighted by Crippen LogP contribution is -2.21. The number of amides is 2. The number of hydrogen-bond acceptors (Lipinski definition) is 4. The molecule has 0 saturated carbocycles. The van der Waals surface area contributed by atoms with Gasteiger partial charge in [0.15, 0.2) is 6.61 Å². The van der Waals surface area contributed by atoms with Crippen molar-refractivity contribution in [3.8, 4) is 0 Å². The fourth-order valence-electron chi connectivity index (χ4n) is 1.88. The molecule has 0 unspecified atom stereocenters. The average molecular weight is 365 g/mol. The number of esters is 1. The van der Waals surface area contributed by atoms with Crippen molar-refractivity contribution in [1.29, 1.82) is 0 Å². The Labute approximate surface area is 147 Å². The van der Waals surface area contributed by atoms with Crippen LogP contribution < -0.4 is 10.6 Å². The first-order chi connectivity index (χ1) is 11.8. The summed E-state index contributed by atoms with van der Waals surface area (Å²) in [6, 6.07) is 9.50. The normalized spacial score (nSPS) is 10.0. The summed E-state index contributed by atoms with van der Waals surface area (Å²) < 4.78 is 17.8. The summed E-state index contributed by atoms with van der Waals surface area (Å²) in [4.78, 5) is 34.6. The third kappa shape index (κ3) is 5.58. The molecule has 25 heavy (non-hydrogen) atoms. The number of rotatable bonds is 5. The second kappa shape index (κ2) is 8.25. The van der Waals surface area contributed by atoms with Gasteiger partial charge in [-0.3, -0.25) is 9.59 Å². The Morgan fingerprint density at radius 2 is 1.76 bits per heavy atom. The van der Waals surface area contributed by atoms with Gasteiger partial charge < -0.3 is 15.4 Å². The van der Waals surface area contributed by atoms with Crippen molar-refractivity contribution in [2.24, 2.45) is 0 Å². The maximum atomic E-state index is 12.9. The maximum Gasteiger partial charge on any atom is 0.338 e. The highest BCUT2D eigenvalue weighted by Gasteiger charge is 2.12. The second-order valence-corrected chi connectivity index (χ2v) is 5.41. The molecule has 2 N–H and O–H groups in total. The predicted molar refractivity (Wildman–Crippen MR) is 91.1 cm³/mol. The standard InChI is InChI=1S/C17H14ClFN2O4/c1-10(22)20-13-5-2-11(3-6-13)17(24)25-9-16(23)21-15-7-4-12(19)8-14(15)18/h2-8H,9H2,1H3,(H,20,22)(H,21,23). The van der Waals surface area contributed by atoms with Crippen LogP contribution in [0.25, 0.3) is 0 Å². The van der Waals surface area contributed by atoms with Gasteiger partial charge >= 0.3 is 5.97 Å². The van der Waals surface area contributed by atoms with E-state index in [1.807, 2.05) is 0 Å². The van der Waals surface area contributed by atoms with Crippen molar-refractivity contribution >= 4 is 40.8 Å². The largest absolute Gasteiger partial charge is 0.452 e. The number of carbonyl (C=O) groups excluding carboxylic acids is 3. The zero-order valence-electron chi connectivity index (χ0n) is 13.1. The van der Waals surface area contributed by atoms with E-state index in [-0.39, 0.29) is 22.2 Å². The molecule has 0 aliphatic rings. The van der Waals surface area contributed by atoms with Crippen molar-refractivity contribution in [2.45, 2.75) is 6.92 Å². The van der Waals surface area contributed by atoms with Gasteiger partial charge in [-0.15, -0.1) is 0 Å². The average Bonchev–Trinajstić information content (AvgIpc) is 2.55. The van der Waals surface area contributed by atoms with E-state index >= 15 is 0 Å². The molecule has 0 spiro atoms. The quantitative estimate of drug-likeness (QED) is 0.798. The molecule has 8 heteroatoms. The Morgan fingerprint density at radius 1 is 1.08 bits per heavy atom. The Morgan fingerprint density at radius 3 is 2.36 bits per heavy atom. The fraction of sp³-hybridized carbons (Fsp3) is 0.118. The minimum absolute atomic E-state index is 0.0354. The molecule has 2 rings (SSSR count). The molecular weight excluding hydrogens is 351 g/mol. The fourth-order valence-corrected chi connectivity index (χ4v) is 2.10. The van der Waals surface area contributed by atoms with Gasteiger partial charge in [-0.05, 0) is 42.5 Å². The van der Waals surface area contributed by atoms with Crippen LogP contribution in [-0.4, -0.2) is 24.4 Å². The molecule has 130 valence electrons. The number of benzene rings is 2. The van der Waals surface area contributed by atoms with Gasteiger partial charge in [0, 0.05) is 12.6 Å². The van der Waals surface area contributed by atoms with E-state index in [2.05, 4.69) is 10.6 Å². The van der Waals surface area contributed by atoms with Crippen LogP contribution in [0.4, 0.5) is 15.8 Å². The molecule has 2 aromatic rings. The Kier molecular flexibility index (Phi) is 6.08. The highest BCUT2D eigenvalue weighted by atomic mass is 35.5. The van der Waals surface area contributed by atoms with Crippen LogP contribution >= 0.6 is 11.6 Å². The number of halogens is 2. The molecule has 0 radical (unpaired) electrons. The number of carbonyl (C=O) groups is 3. The topological polar surface area (TPSA) is 84.5 Å². The summed E-state index contributed by atoms with van der Waals surface area (Å²) >= 11 is 5.79. The number of hydrogen-bond donors (Lipinski definition) is 2. The summed E-state index contributed by atoms with van der Waals surface area (Å²) in [5, 5.41) is 5.01. The lowest BCUT2D eigenvalue weighted by atomic mass is 10.2. The summed E-state index contributed by atoms with van der Waals surface area (Å²) in [6.45, 7) is 0.841. The molecule has 0 bridgehead atoms. The van der Waals surface area contributed by atoms with E-state index < -0.39 is 24.3 Å². The van der Waals surface area contributed by atoms with Crippen molar-refractivity contribution in [1.82, 2.24) is 0 Å². The molecule has 0 heterocycles. The molecule has 0 fully saturated rings. The zero-order valence-corrected chi connectivity index (χ0v) is 13.9. The summed E-state index contributed by atoms with van der Waals surface area (Å²) in [5.74, 6) is -2.07. The van der Waals surface area contributed by atoms with Crippen LogP contribution in [0.2, 0.25) is 5.02 Å². The van der Waals surface area contributed by atoms with E-state index in [0.29, 0.717) is 5.69 Å². The molecule has 0 aromatic heterocycles. The minimum Gasteiger partial charge on any atom is -0.452 e. The van der Waals surface area contributed by atoms with E-state index in [9.17, 15) is 18.8 Å². The highest BCUT2D eigenvalue weighted by Crippen LogP contribution is 2.22. The first-order valence-electron chi connectivity index (χ1n) is 7.15. The van der Waals surface area contributed by atoms with Gasteiger partial charge in [-0.1, -0.05) is 11.6 Å². The summed E-state index contributed by atoms with van der Waals surface area (Å²) in [5.41, 5.74) is 0.971. The highest BCUT2D eigenvalue weighted by molar-refractivity contribution is 6.33. The van der Waals surface area contributed by atoms with Crippen molar-refractivity contribution in [3.63, 3.8) is 0 Å². The lowest BCUT2D eigenvalue weighted by Gasteiger charge is -2.08. The Hall–Kier alpha value is -2.93. The number of nitrogens with one attached hydrogen (secondary N) is 2. The van der Waals surface area contributed by atoms with E-state index in [0.717, 1.165) is 12.1 Å². The van der Waals surface area contributed by atoms with E-state index in [1.165, 1.54) is 37.3 Å². The van der Waals surface area contributed by atoms with Gasteiger partial charge in [-0.25, -0.2) is 9.18 Å². The van der Waals surface area contributed by atoms with Gasteiger partial charge in [0.25, 0.3) is 5.91 Å². The van der Waals surface area contributed by atoms with Crippen molar-refractivity contribution in [2.75, 3.05) is 17.2 Å². The third-order valence-corrected chi connectivity index (χ3v) is 3.29. The molecule has 0 atom stereocenters. The van der Waals surface area contributed by atoms with Gasteiger partial charge in [0.2, 0.25) is 5.91 Å².